The molecule has 0 fully saturated rings. The van der Waals surface area contributed by atoms with Crippen LogP contribution in [0.25, 0.3) is 0 Å². The lowest BCUT2D eigenvalue weighted by molar-refractivity contribution is -0.148. The van der Waals surface area contributed by atoms with Gasteiger partial charge in [-0.1, -0.05) is 44.2 Å². The number of benzene rings is 1. The summed E-state index contributed by atoms with van der Waals surface area (Å²) in [5.41, 5.74) is -0.0248. The molecule has 1 heterocycles. The standard InChI is InChI=1S/C14H18N4O2/c1-3-14(4-2,13(19)20)18-12(15-16-17-18)10-11-8-6-5-7-9-11/h5-9H,3-4,10H2,1-2H3,(H,19,20). The van der Waals surface area contributed by atoms with Crippen molar-refractivity contribution in [2.24, 2.45) is 0 Å². The van der Waals surface area contributed by atoms with Crippen LogP contribution >= 0.6 is 0 Å². The van der Waals surface area contributed by atoms with Gasteiger partial charge in [-0.25, -0.2) is 9.48 Å². The van der Waals surface area contributed by atoms with Crippen molar-refractivity contribution in [3.63, 3.8) is 0 Å². The summed E-state index contributed by atoms with van der Waals surface area (Å²) in [5, 5.41) is 21.1. The summed E-state index contributed by atoms with van der Waals surface area (Å²) in [6, 6.07) is 9.76. The van der Waals surface area contributed by atoms with Crippen LogP contribution in [0.3, 0.4) is 0 Å². The zero-order valence-corrected chi connectivity index (χ0v) is 11.7. The molecule has 2 rings (SSSR count). The van der Waals surface area contributed by atoms with Crippen molar-refractivity contribution >= 4 is 5.97 Å². The smallest absolute Gasteiger partial charge is 0.331 e. The first-order valence-electron chi connectivity index (χ1n) is 6.69. The van der Waals surface area contributed by atoms with E-state index in [1.807, 2.05) is 44.2 Å². The quantitative estimate of drug-likeness (QED) is 0.869. The lowest BCUT2D eigenvalue weighted by atomic mass is 9.93. The molecule has 1 N–H and O–H groups in total. The van der Waals surface area contributed by atoms with E-state index < -0.39 is 11.5 Å². The molecule has 6 nitrogen and oxygen atoms in total. The molecule has 0 amide bonds. The molecule has 0 unspecified atom stereocenters. The van der Waals surface area contributed by atoms with Crippen LogP contribution in [0.5, 0.6) is 0 Å². The number of carboxylic acid groups (broad SMARTS) is 1. The number of aliphatic carboxylic acids is 1. The molecule has 0 saturated heterocycles. The van der Waals surface area contributed by atoms with Gasteiger partial charge in [0, 0.05) is 6.42 Å². The van der Waals surface area contributed by atoms with Gasteiger partial charge in [0.15, 0.2) is 11.4 Å². The number of carboxylic acids is 1. The van der Waals surface area contributed by atoms with E-state index in [4.69, 9.17) is 0 Å². The third-order valence-corrected chi connectivity index (χ3v) is 3.71. The Bertz CT molecular complexity index is 576. The second-order valence-corrected chi connectivity index (χ2v) is 4.71. The molecule has 1 aromatic carbocycles. The molecule has 0 bridgehead atoms. The van der Waals surface area contributed by atoms with Crippen molar-refractivity contribution in [3.05, 3.63) is 41.7 Å². The van der Waals surface area contributed by atoms with Crippen molar-refractivity contribution in [3.8, 4) is 0 Å². The van der Waals surface area contributed by atoms with Crippen LogP contribution in [-0.2, 0) is 16.8 Å². The first-order valence-corrected chi connectivity index (χ1v) is 6.69. The van der Waals surface area contributed by atoms with Gasteiger partial charge in [0.2, 0.25) is 0 Å². The number of hydrogen-bond acceptors (Lipinski definition) is 4. The Labute approximate surface area is 117 Å². The minimum Gasteiger partial charge on any atom is -0.479 e. The predicted octanol–water partition coefficient (Wildman–Crippen LogP) is 1.86. The highest BCUT2D eigenvalue weighted by molar-refractivity contribution is 5.76. The molecule has 106 valence electrons. The maximum Gasteiger partial charge on any atom is 0.331 e. The monoisotopic (exact) mass is 274 g/mol. The summed E-state index contributed by atoms with van der Waals surface area (Å²) in [7, 11) is 0. The Hall–Kier alpha value is -2.24. The average Bonchev–Trinajstić information content (AvgIpc) is 2.90. The normalized spacial score (nSPS) is 11.5. The van der Waals surface area contributed by atoms with Crippen molar-refractivity contribution in [2.75, 3.05) is 0 Å². The molecule has 0 saturated carbocycles. The van der Waals surface area contributed by atoms with Gasteiger partial charge in [-0.3, -0.25) is 0 Å². The van der Waals surface area contributed by atoms with Gasteiger partial charge >= 0.3 is 5.97 Å². The molecule has 0 aliphatic heterocycles. The fraction of sp³-hybridized carbons (Fsp3) is 0.429. The van der Waals surface area contributed by atoms with Gasteiger partial charge < -0.3 is 5.11 Å². The van der Waals surface area contributed by atoms with Gasteiger partial charge in [-0.05, 0) is 28.8 Å². The zero-order valence-electron chi connectivity index (χ0n) is 11.7. The molecular weight excluding hydrogens is 256 g/mol. The highest BCUT2D eigenvalue weighted by atomic mass is 16.4. The van der Waals surface area contributed by atoms with Gasteiger partial charge in [0.05, 0.1) is 0 Å². The number of carbonyl (C=O) groups is 1. The second-order valence-electron chi connectivity index (χ2n) is 4.71. The maximum absolute atomic E-state index is 11.7. The van der Waals surface area contributed by atoms with Crippen LogP contribution in [0.15, 0.2) is 30.3 Å². The van der Waals surface area contributed by atoms with Crippen molar-refractivity contribution in [1.82, 2.24) is 20.2 Å². The number of tetrazole rings is 1. The van der Waals surface area contributed by atoms with E-state index in [2.05, 4.69) is 15.5 Å². The Morgan fingerprint density at radius 1 is 1.25 bits per heavy atom. The van der Waals surface area contributed by atoms with E-state index in [0.717, 1.165) is 5.56 Å². The van der Waals surface area contributed by atoms with Gasteiger partial charge in [0.25, 0.3) is 0 Å². The third kappa shape index (κ3) is 2.41. The van der Waals surface area contributed by atoms with Gasteiger partial charge in [0.1, 0.15) is 0 Å². The van der Waals surface area contributed by atoms with Crippen LogP contribution in [0.4, 0.5) is 0 Å². The summed E-state index contributed by atoms with van der Waals surface area (Å²) in [6.07, 6.45) is 1.39. The lowest BCUT2D eigenvalue weighted by Crippen LogP contribution is -2.42. The van der Waals surface area contributed by atoms with E-state index in [-0.39, 0.29) is 0 Å². The molecule has 0 atom stereocenters. The van der Waals surface area contributed by atoms with E-state index in [1.165, 1.54) is 4.68 Å². The molecule has 0 radical (unpaired) electrons. The lowest BCUT2D eigenvalue weighted by Gasteiger charge is -2.27. The predicted molar refractivity (Wildman–Crippen MR) is 73.3 cm³/mol. The Morgan fingerprint density at radius 3 is 2.45 bits per heavy atom. The number of rotatable bonds is 6. The summed E-state index contributed by atoms with van der Waals surface area (Å²) < 4.78 is 1.46. The minimum atomic E-state index is -1.08. The van der Waals surface area contributed by atoms with Crippen molar-refractivity contribution in [2.45, 2.75) is 38.6 Å². The molecule has 0 aliphatic rings. The Balaban J connectivity index is 2.39. The first-order chi connectivity index (χ1) is 9.64. The van der Waals surface area contributed by atoms with E-state index in [1.54, 1.807) is 0 Å². The van der Waals surface area contributed by atoms with E-state index >= 15 is 0 Å². The summed E-state index contributed by atoms with van der Waals surface area (Å²) in [5.74, 6) is -0.327. The first kappa shape index (κ1) is 14.2. The molecular formula is C14H18N4O2. The second kappa shape index (κ2) is 5.81. The number of aromatic nitrogens is 4. The fourth-order valence-corrected chi connectivity index (χ4v) is 2.37. The largest absolute Gasteiger partial charge is 0.479 e. The Morgan fingerprint density at radius 2 is 1.90 bits per heavy atom. The molecule has 0 spiro atoms. The van der Waals surface area contributed by atoms with Crippen molar-refractivity contribution < 1.29 is 9.90 Å². The van der Waals surface area contributed by atoms with Gasteiger partial charge in [-0.15, -0.1) is 5.10 Å². The molecule has 20 heavy (non-hydrogen) atoms. The van der Waals surface area contributed by atoms with E-state index in [9.17, 15) is 9.90 Å². The number of nitrogens with zero attached hydrogens (tertiary/aromatic N) is 4. The molecule has 6 heteroatoms. The van der Waals surface area contributed by atoms with E-state index in [0.29, 0.717) is 25.1 Å². The Kier molecular flexibility index (Phi) is 4.12. The van der Waals surface area contributed by atoms with Crippen LogP contribution in [0.2, 0.25) is 0 Å². The third-order valence-electron chi connectivity index (χ3n) is 3.71. The van der Waals surface area contributed by atoms with Crippen LogP contribution in [0.1, 0.15) is 38.1 Å². The number of hydrogen-bond donors (Lipinski definition) is 1. The molecule has 0 aliphatic carbocycles. The zero-order chi connectivity index (χ0) is 14.6. The van der Waals surface area contributed by atoms with Crippen LogP contribution < -0.4 is 0 Å². The van der Waals surface area contributed by atoms with Crippen LogP contribution in [-0.4, -0.2) is 31.3 Å². The highest BCUT2D eigenvalue weighted by Crippen LogP contribution is 2.26. The topological polar surface area (TPSA) is 80.9 Å². The summed E-state index contributed by atoms with van der Waals surface area (Å²) in [4.78, 5) is 11.7. The van der Waals surface area contributed by atoms with Crippen molar-refractivity contribution in [1.29, 1.82) is 0 Å². The molecule has 2 aromatic rings. The highest BCUT2D eigenvalue weighted by Gasteiger charge is 2.40. The fourth-order valence-electron chi connectivity index (χ4n) is 2.37. The average molecular weight is 274 g/mol. The molecule has 1 aromatic heterocycles. The summed E-state index contributed by atoms with van der Waals surface area (Å²) in [6.45, 7) is 3.68. The van der Waals surface area contributed by atoms with Gasteiger partial charge in [-0.2, -0.15) is 0 Å². The SMILES string of the molecule is CCC(CC)(C(=O)O)n1nnnc1Cc1ccccc1. The minimum absolute atomic E-state index is 0.436. The summed E-state index contributed by atoms with van der Waals surface area (Å²) >= 11 is 0. The maximum atomic E-state index is 11.7. The van der Waals surface area contributed by atoms with Crippen LogP contribution in [0, 0.1) is 0 Å².